The average molecular weight is 1270 g/mol. The number of ether oxygens (including phenoxy) is 3. The molecule has 4 amide bonds. The zero-order valence-corrected chi connectivity index (χ0v) is 57.1. The largest absolute Gasteiger partial charge is 0.497 e. The van der Waals surface area contributed by atoms with Crippen LogP contribution in [0.4, 0.5) is 22.7 Å². The highest BCUT2D eigenvalue weighted by molar-refractivity contribution is 7.15. The van der Waals surface area contributed by atoms with Gasteiger partial charge in [0.2, 0.25) is 23.6 Å². The minimum absolute atomic E-state index is 0.0236. The Balaban J connectivity index is 0.000000158. The fourth-order valence-corrected chi connectivity index (χ4v) is 10.8. The number of nitrogens with one attached hydrogen (secondary N) is 4. The number of aliphatic hydroxyl groups is 2. The molecule has 16 heteroatoms. The zero-order chi connectivity index (χ0) is 69.1. The third kappa shape index (κ3) is 14.8. The Kier molecular flexibility index (Phi) is 20.1. The molecule has 93 heavy (non-hydrogen) atoms. The molecule has 3 unspecified atom stereocenters. The maximum atomic E-state index is 12.7. The van der Waals surface area contributed by atoms with Crippen LogP contribution < -0.4 is 35.5 Å². The number of benzene rings is 8. The highest BCUT2D eigenvalue weighted by Crippen LogP contribution is 2.49. The summed E-state index contributed by atoms with van der Waals surface area (Å²) in [6.07, 6.45) is -1.38. The first kappa shape index (κ1) is 68.1. The number of aliphatic hydroxyl groups excluding tert-OH is 2. The summed E-state index contributed by atoms with van der Waals surface area (Å²) in [6, 6.07) is 45.1. The van der Waals surface area contributed by atoms with E-state index in [1.54, 1.807) is 51.7 Å². The number of rotatable bonds is 7. The third-order valence-electron chi connectivity index (χ3n) is 16.1. The predicted molar refractivity (Wildman–Crippen MR) is 375 cm³/mol. The van der Waals surface area contributed by atoms with Crippen LogP contribution in [0.15, 0.2) is 146 Å². The van der Waals surface area contributed by atoms with Crippen LogP contribution in [-0.4, -0.2) is 74.7 Å². The minimum atomic E-state index is -0.748. The van der Waals surface area contributed by atoms with Crippen molar-refractivity contribution in [3.8, 4) is 61.8 Å². The number of hydrogen-bond donors (Lipinski definition) is 6. The fraction of sp³-hybridized carbons (Fsp3) is 0.299. The lowest BCUT2D eigenvalue weighted by Gasteiger charge is -2.18. The summed E-state index contributed by atoms with van der Waals surface area (Å²) < 4.78 is 22.1. The van der Waals surface area contributed by atoms with Crippen LogP contribution in [0.25, 0.3) is 44.5 Å². The standard InChI is InChI=1S/C19H19NO3.C19H21NO3.C19H19NO3.C19H21NO2.CH5P/c1-19(2,3)18(22)20-11-5-7-13-15-10-12(23-4)6-8-14(15)17(21)16(13)9-11;2*1-19(2,3)18(22)20-11-8-9-12-13-6-5-7-15(23-4)16(13)17(21)14(12)10-11;1-11-5-7-14-15(9-11)13-8-6-12(10-16(13)17(14)21)20-18(22)19(2,3)4;1-2/h5-10H,1-4H3,(H,20,22);5-10,17,21H,1-4H3,(H,20,22);5-10H,1-4H3,(H,20,22);5-10,17,21H,1-4H3,(H,20,22);2H2,1H3/i;;;;2D. The van der Waals surface area contributed by atoms with Gasteiger partial charge >= 0.3 is 0 Å². The summed E-state index contributed by atoms with van der Waals surface area (Å²) in [7, 11) is 5.09. The maximum Gasteiger partial charge on any atom is 0.229 e. The molecule has 6 N–H and O–H groups in total. The normalized spacial score (nSPS) is 14.3. The first-order valence-corrected chi connectivity index (χ1v) is 31.6. The molecule has 0 aliphatic heterocycles. The van der Waals surface area contributed by atoms with Gasteiger partial charge < -0.3 is 45.7 Å². The van der Waals surface area contributed by atoms with Gasteiger partial charge in [0.25, 0.3) is 0 Å². The number of anilines is 4. The lowest BCUT2D eigenvalue weighted by molar-refractivity contribution is -0.123. The molecule has 3 atom stereocenters. The lowest BCUT2D eigenvalue weighted by atomic mass is 9.95. The summed E-state index contributed by atoms with van der Waals surface area (Å²) in [6.45, 7) is 26.2. The number of hydrogen-bond acceptors (Lipinski definition) is 11. The molecule has 0 heterocycles. The van der Waals surface area contributed by atoms with Crippen molar-refractivity contribution in [2.45, 2.75) is 102 Å². The van der Waals surface area contributed by atoms with Gasteiger partial charge in [0.05, 0.1) is 28.2 Å². The van der Waals surface area contributed by atoms with E-state index in [0.717, 1.165) is 78.2 Å². The monoisotopic (exact) mass is 1270 g/mol. The van der Waals surface area contributed by atoms with E-state index >= 15 is 0 Å². The zero-order valence-electron chi connectivity index (χ0n) is 57.1. The van der Waals surface area contributed by atoms with Crippen molar-refractivity contribution in [1.82, 2.24) is 0 Å². The molecule has 484 valence electrons. The Morgan fingerprint density at radius 3 is 1.29 bits per heavy atom. The highest BCUT2D eigenvalue weighted by Gasteiger charge is 2.34. The Hall–Kier alpha value is -9.27. The van der Waals surface area contributed by atoms with Crippen LogP contribution in [0.1, 0.15) is 155 Å². The van der Waals surface area contributed by atoms with E-state index < -0.39 is 33.9 Å². The van der Waals surface area contributed by atoms with E-state index in [4.69, 9.17) is 15.5 Å². The van der Waals surface area contributed by atoms with E-state index in [1.165, 1.54) is 5.56 Å². The number of carbonyl (C=O) groups excluding carboxylic acids is 6. The lowest BCUT2D eigenvalue weighted by Crippen LogP contribution is -2.27. The van der Waals surface area contributed by atoms with Gasteiger partial charge in [-0.3, -0.25) is 28.8 Å². The molecule has 0 spiro atoms. The second-order valence-electron chi connectivity index (χ2n) is 27.2. The summed E-state index contributed by atoms with van der Waals surface area (Å²) >= 11 is 0. The number of methoxy groups -OCH3 is 3. The molecule has 0 aromatic heterocycles. The number of aryl methyl sites for hydroxylation is 1. The van der Waals surface area contributed by atoms with Crippen LogP contribution in [-0.2, 0) is 19.2 Å². The smallest absolute Gasteiger partial charge is 0.229 e. The van der Waals surface area contributed by atoms with E-state index in [0.29, 0.717) is 60.0 Å². The maximum absolute atomic E-state index is 12.7. The van der Waals surface area contributed by atoms with Crippen molar-refractivity contribution in [3.05, 3.63) is 196 Å². The quantitative estimate of drug-likeness (QED) is 0.0825. The van der Waals surface area contributed by atoms with Crippen LogP contribution in [0.2, 0.25) is 0 Å². The second-order valence-corrected chi connectivity index (χ2v) is 27.2. The molecule has 4 aliphatic carbocycles. The SMILES string of the molecule is COc1ccc2c(c1)-c1ccc(NC(=O)C(C)(C)C)cc1C2=O.COc1cccc2c1C(=O)c1cc(NC(=O)C(C)(C)C)ccc1-2.COc1cccc2c1C(O)c1cc(NC(=O)C(C)(C)C)ccc1-2.Cc1ccc2c(c1)-c1ccc(NC(=O)C(C)(C)C)cc1C2O.[2H]PC. The number of carbonyl (C=O) groups is 6. The summed E-state index contributed by atoms with van der Waals surface area (Å²) in [5.74, 6) is 1.61. The van der Waals surface area contributed by atoms with E-state index in [1.807, 2.05) is 206 Å². The van der Waals surface area contributed by atoms with Crippen LogP contribution >= 0.6 is 9.18 Å². The van der Waals surface area contributed by atoms with Gasteiger partial charge in [-0.2, -0.15) is 0 Å². The Bertz CT molecular complexity index is 4270. The van der Waals surface area contributed by atoms with Crippen molar-refractivity contribution in [3.63, 3.8) is 0 Å². The topological polar surface area (TPSA) is 219 Å². The summed E-state index contributed by atoms with van der Waals surface area (Å²) in [4.78, 5) is 73.7. The molecule has 12 rings (SSSR count). The van der Waals surface area contributed by atoms with Crippen molar-refractivity contribution in [1.29, 1.82) is 1.28 Å². The van der Waals surface area contributed by atoms with Gasteiger partial charge in [0, 0.05) is 66.7 Å². The van der Waals surface area contributed by atoms with Crippen molar-refractivity contribution >= 4 is 67.1 Å². The fourth-order valence-electron chi connectivity index (χ4n) is 10.8. The Labute approximate surface area is 549 Å². The van der Waals surface area contributed by atoms with Gasteiger partial charge in [0.15, 0.2) is 11.6 Å². The minimum Gasteiger partial charge on any atom is -0.497 e. The predicted octanol–water partition coefficient (Wildman–Crippen LogP) is 16.1. The van der Waals surface area contributed by atoms with E-state index in [2.05, 4.69) is 27.3 Å². The Morgan fingerprint density at radius 1 is 0.409 bits per heavy atom. The molecule has 8 aromatic rings. The third-order valence-corrected chi connectivity index (χ3v) is 16.1. The van der Waals surface area contributed by atoms with Gasteiger partial charge in [-0.15, -0.1) is 9.18 Å². The van der Waals surface area contributed by atoms with Crippen molar-refractivity contribution < 1.29 is 53.2 Å². The number of amides is 4. The molecular formula is C77H85N4O11P. The van der Waals surface area contributed by atoms with Gasteiger partial charge in [-0.25, -0.2) is 0 Å². The highest BCUT2D eigenvalue weighted by atomic mass is 31.0. The van der Waals surface area contributed by atoms with Gasteiger partial charge in [0.1, 0.15) is 29.5 Å². The molecule has 0 fully saturated rings. The van der Waals surface area contributed by atoms with Gasteiger partial charge in [-0.05, 0) is 147 Å². The van der Waals surface area contributed by atoms with Crippen LogP contribution in [0, 0.1) is 28.6 Å². The van der Waals surface area contributed by atoms with Crippen LogP contribution in [0.3, 0.4) is 0 Å². The molecule has 15 nitrogen and oxygen atoms in total. The van der Waals surface area contributed by atoms with E-state index in [-0.39, 0.29) is 35.2 Å². The molecule has 0 radical (unpaired) electrons. The summed E-state index contributed by atoms with van der Waals surface area (Å²) in [5.41, 5.74) is 15.3. The van der Waals surface area contributed by atoms with E-state index in [9.17, 15) is 39.0 Å². The van der Waals surface area contributed by atoms with Crippen molar-refractivity contribution in [2.24, 2.45) is 21.7 Å². The van der Waals surface area contributed by atoms with Gasteiger partial charge in [-0.1, -0.05) is 162 Å². The average Bonchev–Trinajstić information content (AvgIpc) is 1.63. The molecule has 0 saturated heterocycles. The first-order chi connectivity index (χ1) is 44.1. The molecular weight excluding hydrogens is 1190 g/mol. The second kappa shape index (κ2) is 27.5. The molecule has 4 aliphatic rings. The molecule has 0 saturated carbocycles. The first-order valence-electron chi connectivity index (χ1n) is 31.1. The van der Waals surface area contributed by atoms with Crippen LogP contribution in [0.5, 0.6) is 17.2 Å². The van der Waals surface area contributed by atoms with Crippen molar-refractivity contribution in [2.75, 3.05) is 49.3 Å². The molecule has 8 aromatic carbocycles. The summed E-state index contributed by atoms with van der Waals surface area (Å²) in [5, 5.41) is 32.8. The molecule has 0 bridgehead atoms. The number of fused-ring (bicyclic) bond motifs is 12. The Morgan fingerprint density at radius 2 is 0.817 bits per heavy atom. The number of ketones is 2.